The molecule has 92 heavy (non-hydrogen) atoms. The maximum atomic E-state index is 13.3. The van der Waals surface area contributed by atoms with E-state index in [1.165, 1.54) is 12.5 Å². The van der Waals surface area contributed by atoms with Gasteiger partial charge < -0.3 is 39.2 Å². The van der Waals surface area contributed by atoms with Gasteiger partial charge in [0.25, 0.3) is 0 Å². The fourth-order valence-electron chi connectivity index (χ4n) is 15.3. The molecule has 0 radical (unpaired) electrons. The molecule has 17 nitrogen and oxygen atoms in total. The number of nitrogens with zero attached hydrogens (tertiary/aromatic N) is 5. The van der Waals surface area contributed by atoms with Crippen LogP contribution in [0.5, 0.6) is 0 Å². The highest BCUT2D eigenvalue weighted by atomic mass is 16.6. The predicted molar refractivity (Wildman–Crippen MR) is 353 cm³/mol. The van der Waals surface area contributed by atoms with E-state index >= 15 is 0 Å². The number of nitrogens with one attached hydrogen (secondary N) is 1. The predicted octanol–water partition coefficient (Wildman–Crippen LogP) is 14.7. The lowest BCUT2D eigenvalue weighted by molar-refractivity contribution is -0.142. The van der Waals surface area contributed by atoms with E-state index in [-0.39, 0.29) is 117 Å². The van der Waals surface area contributed by atoms with Gasteiger partial charge in [-0.05, 0) is 123 Å². The molecule has 3 fully saturated rings. The third kappa shape index (κ3) is 15.1. The first-order valence-corrected chi connectivity index (χ1v) is 33.1. The van der Waals surface area contributed by atoms with Gasteiger partial charge in [0.1, 0.15) is 25.6 Å². The van der Waals surface area contributed by atoms with Crippen LogP contribution in [-0.4, -0.2) is 94.5 Å². The lowest BCUT2D eigenvalue weighted by Gasteiger charge is -2.47. The highest BCUT2D eigenvalue weighted by Crippen LogP contribution is 2.53. The van der Waals surface area contributed by atoms with Gasteiger partial charge in [0.05, 0.1) is 35.6 Å². The Bertz CT molecular complexity index is 3340. The van der Waals surface area contributed by atoms with Gasteiger partial charge in [-0.15, -0.1) is 0 Å². The molecule has 0 bridgehead atoms. The van der Waals surface area contributed by atoms with Crippen molar-refractivity contribution in [3.05, 3.63) is 197 Å². The van der Waals surface area contributed by atoms with Crippen LogP contribution in [0.15, 0.2) is 164 Å². The highest BCUT2D eigenvalue weighted by Gasteiger charge is 2.51. The molecule has 3 heterocycles. The first-order valence-electron chi connectivity index (χ1n) is 33.1. The Morgan fingerprint density at radius 3 is 1.14 bits per heavy atom. The van der Waals surface area contributed by atoms with Crippen LogP contribution in [0.1, 0.15) is 163 Å². The van der Waals surface area contributed by atoms with Gasteiger partial charge in [-0.1, -0.05) is 172 Å². The number of carboxylic acid groups (broad SMARTS) is 1. The zero-order valence-corrected chi connectivity index (χ0v) is 53.5. The van der Waals surface area contributed by atoms with Crippen molar-refractivity contribution in [1.29, 1.82) is 0 Å². The molecule has 3 saturated carbocycles. The Balaban J connectivity index is 0.000000152. The molecule has 9 atom stereocenters. The van der Waals surface area contributed by atoms with E-state index < -0.39 is 5.97 Å². The third-order valence-electron chi connectivity index (χ3n) is 19.3. The van der Waals surface area contributed by atoms with Crippen molar-refractivity contribution < 1.29 is 52.9 Å². The number of fused-ring (bicyclic) bond motifs is 6. The molecule has 9 unspecified atom stereocenters. The zero-order chi connectivity index (χ0) is 64.7. The van der Waals surface area contributed by atoms with Gasteiger partial charge in [0.2, 0.25) is 11.8 Å². The largest absolute Gasteiger partial charge is 0.481 e. The summed E-state index contributed by atoms with van der Waals surface area (Å²) in [4.78, 5) is 97.5. The number of carbonyl (C=O) groups excluding carboxylic acids is 6. The number of carbonyl (C=O) groups is 7. The summed E-state index contributed by atoms with van der Waals surface area (Å²) in [6.45, 7) is 10.3. The van der Waals surface area contributed by atoms with Crippen molar-refractivity contribution in [2.75, 3.05) is 34.3 Å². The number of hydrogen-bond acceptors (Lipinski definition) is 11. The second kappa shape index (κ2) is 31.5. The Morgan fingerprint density at radius 1 is 0.435 bits per heavy atom. The second-order valence-corrected chi connectivity index (χ2v) is 24.8. The molecule has 6 aliphatic rings. The Hall–Kier alpha value is -8.83. The van der Waals surface area contributed by atoms with Crippen molar-refractivity contribution in [3.63, 3.8) is 0 Å². The Kier molecular flexibility index (Phi) is 22.6. The number of ether oxygens (including phenoxy) is 3. The molecule has 3 aliphatic carbocycles. The number of carboxylic acids is 1. The molecule has 12 rings (SSSR count). The molecule has 3 aliphatic heterocycles. The standard InChI is InChI=1S/C27H32N2O4.C26H30N2O5.C22H26N2O2/c1-3-28(25(31)17-16-19(2)30)26-21-12-7-8-14-23(21)29(24-15-9-13-22(24)26)27(32)33-18-20-10-5-4-6-11-20;1-2-27(23(29)15-16-24(30)31)25-19-11-6-7-13-21(19)28(22-14-8-12-20(22)25)26(32)33-17-18-9-4-3-5-10-18;1-2-23-21-17-11-6-7-13-19(17)24(20-14-8-12-18(20)21)22(25)26-15-16-9-4-3-5-10-16/h4-8,10-12,14,22,24,26H,3,9,13,15-18H2,1-2H3;3-7,9-11,13,20,22,25H,2,8,12,14-17H2,1H3,(H,30,31);3-7,9-11,13,18,20-21,23H,2,8,12,14-15H2,1H3. The van der Waals surface area contributed by atoms with Crippen LogP contribution >= 0.6 is 0 Å². The number of hydrogen-bond donors (Lipinski definition) is 2. The first kappa shape index (κ1) is 66.1. The summed E-state index contributed by atoms with van der Waals surface area (Å²) >= 11 is 0. The summed E-state index contributed by atoms with van der Waals surface area (Å²) in [5.74, 6) is -0.440. The molecule has 2 N–H and O–H groups in total. The van der Waals surface area contributed by atoms with E-state index in [2.05, 4.69) is 30.4 Å². The van der Waals surface area contributed by atoms with Crippen LogP contribution in [0.3, 0.4) is 0 Å². The smallest absolute Gasteiger partial charge is 0.414 e. The minimum Gasteiger partial charge on any atom is -0.481 e. The average Bonchev–Trinajstić information content (AvgIpc) is 1.36. The molecule has 0 aromatic heterocycles. The highest BCUT2D eigenvalue weighted by molar-refractivity contribution is 5.93. The van der Waals surface area contributed by atoms with Gasteiger partial charge in [-0.3, -0.25) is 29.1 Å². The normalized spacial score (nSPS) is 22.0. The zero-order valence-electron chi connectivity index (χ0n) is 53.5. The Morgan fingerprint density at radius 2 is 0.772 bits per heavy atom. The maximum Gasteiger partial charge on any atom is 0.414 e. The maximum absolute atomic E-state index is 13.3. The van der Waals surface area contributed by atoms with E-state index in [9.17, 15) is 33.6 Å². The van der Waals surface area contributed by atoms with Crippen molar-refractivity contribution in [1.82, 2.24) is 15.1 Å². The van der Waals surface area contributed by atoms with E-state index in [4.69, 9.17) is 19.3 Å². The van der Waals surface area contributed by atoms with Crippen LogP contribution < -0.4 is 20.0 Å². The first-order chi connectivity index (χ1) is 44.8. The fourth-order valence-corrected chi connectivity index (χ4v) is 15.3. The summed E-state index contributed by atoms with van der Waals surface area (Å²) in [6.07, 6.45) is 8.22. The molecule has 0 saturated heterocycles. The van der Waals surface area contributed by atoms with Gasteiger partial charge >= 0.3 is 24.2 Å². The van der Waals surface area contributed by atoms with Crippen LogP contribution in [0.2, 0.25) is 0 Å². The van der Waals surface area contributed by atoms with Gasteiger partial charge in [0.15, 0.2) is 0 Å². The second-order valence-electron chi connectivity index (χ2n) is 24.8. The fraction of sp³-hybridized carbons (Fsp3) is 0.427. The molecular formula is C75H88N6O11. The number of ketones is 1. The van der Waals surface area contributed by atoms with E-state index in [0.29, 0.717) is 31.7 Å². The van der Waals surface area contributed by atoms with Crippen LogP contribution in [0.4, 0.5) is 31.4 Å². The van der Waals surface area contributed by atoms with Gasteiger partial charge in [-0.25, -0.2) is 14.4 Å². The molecule has 6 aromatic rings. The van der Waals surface area contributed by atoms with Crippen molar-refractivity contribution in [3.8, 4) is 0 Å². The quantitative estimate of drug-likeness (QED) is 0.0774. The summed E-state index contributed by atoms with van der Waals surface area (Å²) in [6, 6.07) is 53.2. The monoisotopic (exact) mass is 1250 g/mol. The lowest BCUT2D eigenvalue weighted by atomic mass is 9.81. The number of amides is 5. The summed E-state index contributed by atoms with van der Waals surface area (Å²) in [5.41, 5.74) is 8.60. The van der Waals surface area contributed by atoms with Crippen molar-refractivity contribution in [2.45, 2.75) is 167 Å². The summed E-state index contributed by atoms with van der Waals surface area (Å²) < 4.78 is 17.1. The van der Waals surface area contributed by atoms with Crippen molar-refractivity contribution >= 4 is 58.9 Å². The van der Waals surface area contributed by atoms with E-state index in [1.807, 2.05) is 174 Å². The average molecular weight is 1250 g/mol. The van der Waals surface area contributed by atoms with Crippen molar-refractivity contribution in [2.24, 2.45) is 17.8 Å². The third-order valence-corrected chi connectivity index (χ3v) is 19.3. The minimum absolute atomic E-state index is 0.00161. The topological polar surface area (TPSA) is 196 Å². The van der Waals surface area contributed by atoms with Gasteiger partial charge in [-0.2, -0.15) is 0 Å². The number of Topliss-reactive ketones (excluding diaryl/α,β-unsaturated/α-hetero) is 1. The number of rotatable bonds is 18. The molecule has 0 spiro atoms. The Labute approximate surface area is 541 Å². The van der Waals surface area contributed by atoms with Crippen LogP contribution in [0.25, 0.3) is 0 Å². The van der Waals surface area contributed by atoms with E-state index in [0.717, 1.165) is 109 Å². The summed E-state index contributed by atoms with van der Waals surface area (Å²) in [5, 5.41) is 12.7. The molecule has 5 amide bonds. The van der Waals surface area contributed by atoms with Crippen LogP contribution in [0, 0.1) is 17.8 Å². The SMILES string of the molecule is CCN(C(=O)CCC(=O)O)C1c2ccccc2N(C(=O)OCc2ccccc2)C2CCCC12.CCN(C(=O)CCC(C)=O)C1c2ccccc2N(C(=O)OCc2ccccc2)C2CCCC12.CCNC1c2ccccc2N(C(=O)OCc2ccccc2)C2CCCC12. The van der Waals surface area contributed by atoms with E-state index in [1.54, 1.807) is 9.80 Å². The minimum atomic E-state index is -0.977. The number of aliphatic carboxylic acids is 1. The van der Waals surface area contributed by atoms with Gasteiger partial charge in [0, 0.05) is 68.4 Å². The molecule has 17 heteroatoms. The number of anilines is 3. The molecule has 484 valence electrons. The van der Waals surface area contributed by atoms with Crippen LogP contribution in [-0.2, 0) is 53.2 Å². The lowest BCUT2D eigenvalue weighted by Crippen LogP contribution is -2.52. The molecular weight excluding hydrogens is 1160 g/mol. The number of benzene rings is 6. The number of para-hydroxylation sites is 3. The molecule has 6 aromatic carbocycles. The summed E-state index contributed by atoms with van der Waals surface area (Å²) in [7, 11) is 0.